The molecule has 0 amide bonds. The molecular weight excluding hydrogens is 240 g/mol. The lowest BCUT2D eigenvalue weighted by Crippen LogP contribution is -2.06. The summed E-state index contributed by atoms with van der Waals surface area (Å²) in [4.78, 5) is 10.6. The summed E-state index contributed by atoms with van der Waals surface area (Å²) in [7, 11) is 0. The Labute approximate surface area is 112 Å². The number of carbonyl (C=O) groups is 1. The number of benzene rings is 2. The monoisotopic (exact) mass is 256 g/mol. The van der Waals surface area contributed by atoms with Crippen molar-refractivity contribution < 1.29 is 14.3 Å². The maximum atomic E-state index is 10.6. The van der Waals surface area contributed by atoms with Crippen molar-refractivity contribution in [2.75, 3.05) is 13.2 Å². The molecule has 2 rings (SSSR count). The number of ether oxygens (including phenoxy) is 2. The molecule has 0 saturated heterocycles. The molecule has 2 aromatic rings. The van der Waals surface area contributed by atoms with Gasteiger partial charge in [0.05, 0.1) is 13.2 Å². The zero-order valence-electron chi connectivity index (χ0n) is 10.6. The molecule has 3 nitrogen and oxygen atoms in total. The third-order valence-corrected chi connectivity index (χ3v) is 2.60. The van der Waals surface area contributed by atoms with E-state index in [1.165, 1.54) is 0 Å². The molecule has 0 aromatic heterocycles. The van der Waals surface area contributed by atoms with E-state index in [1.54, 1.807) is 18.2 Å². The van der Waals surface area contributed by atoms with Gasteiger partial charge in [0.2, 0.25) is 0 Å². The van der Waals surface area contributed by atoms with Crippen molar-refractivity contribution in [3.8, 4) is 5.75 Å². The highest BCUT2D eigenvalue weighted by atomic mass is 16.5. The van der Waals surface area contributed by atoms with E-state index < -0.39 is 0 Å². The molecule has 0 heterocycles. The van der Waals surface area contributed by atoms with Crippen LogP contribution >= 0.6 is 0 Å². The first-order valence-corrected chi connectivity index (χ1v) is 6.18. The highest BCUT2D eigenvalue weighted by Gasteiger charge is 1.96. The maximum Gasteiger partial charge on any atom is 0.150 e. The molecule has 0 atom stereocenters. The van der Waals surface area contributed by atoms with Gasteiger partial charge in [0, 0.05) is 5.56 Å². The Balaban J connectivity index is 1.68. The lowest BCUT2D eigenvalue weighted by molar-refractivity contribution is 0.0889. The van der Waals surface area contributed by atoms with E-state index in [0.717, 1.165) is 11.8 Å². The van der Waals surface area contributed by atoms with Crippen LogP contribution in [0.2, 0.25) is 0 Å². The first-order chi connectivity index (χ1) is 9.38. The summed E-state index contributed by atoms with van der Waals surface area (Å²) in [5, 5.41) is 0. The van der Waals surface area contributed by atoms with Gasteiger partial charge in [-0.2, -0.15) is 0 Å². The standard InChI is InChI=1S/C16H16O3/c17-12-15-7-4-8-16(11-15)19-10-9-18-13-14-5-2-1-3-6-14/h1-8,11-12H,9-10,13H2. The van der Waals surface area contributed by atoms with Gasteiger partial charge in [0.1, 0.15) is 18.6 Å². The van der Waals surface area contributed by atoms with Crippen molar-refractivity contribution in [1.29, 1.82) is 0 Å². The molecule has 0 bridgehead atoms. The SMILES string of the molecule is O=Cc1cccc(OCCOCc2ccccc2)c1. The van der Waals surface area contributed by atoms with Gasteiger partial charge in [0.15, 0.2) is 0 Å². The fourth-order valence-corrected chi connectivity index (χ4v) is 1.66. The normalized spacial score (nSPS) is 10.1. The van der Waals surface area contributed by atoms with Crippen molar-refractivity contribution >= 4 is 6.29 Å². The van der Waals surface area contributed by atoms with Crippen LogP contribution in [0.5, 0.6) is 5.75 Å². The van der Waals surface area contributed by atoms with E-state index >= 15 is 0 Å². The molecule has 98 valence electrons. The summed E-state index contributed by atoms with van der Waals surface area (Å²) in [5.41, 5.74) is 1.76. The van der Waals surface area contributed by atoms with Gasteiger partial charge in [-0.05, 0) is 17.7 Å². The van der Waals surface area contributed by atoms with Crippen molar-refractivity contribution in [2.45, 2.75) is 6.61 Å². The topological polar surface area (TPSA) is 35.5 Å². The van der Waals surface area contributed by atoms with Gasteiger partial charge in [-0.25, -0.2) is 0 Å². The van der Waals surface area contributed by atoms with Gasteiger partial charge in [-0.3, -0.25) is 4.79 Å². The molecule has 0 saturated carbocycles. The van der Waals surface area contributed by atoms with Crippen LogP contribution < -0.4 is 4.74 Å². The van der Waals surface area contributed by atoms with Gasteiger partial charge in [0.25, 0.3) is 0 Å². The number of carbonyl (C=O) groups excluding carboxylic acids is 1. The summed E-state index contributed by atoms with van der Waals surface area (Å²) < 4.78 is 11.0. The summed E-state index contributed by atoms with van der Waals surface area (Å²) in [5.74, 6) is 0.688. The van der Waals surface area contributed by atoms with Gasteiger partial charge >= 0.3 is 0 Å². The van der Waals surface area contributed by atoms with Gasteiger partial charge < -0.3 is 9.47 Å². The van der Waals surface area contributed by atoms with Crippen molar-refractivity contribution in [3.63, 3.8) is 0 Å². The Hall–Kier alpha value is -2.13. The van der Waals surface area contributed by atoms with Crippen LogP contribution in [0.25, 0.3) is 0 Å². The predicted molar refractivity (Wildman–Crippen MR) is 73.4 cm³/mol. The Morgan fingerprint density at radius 2 is 1.79 bits per heavy atom. The van der Waals surface area contributed by atoms with Crippen LogP contribution in [-0.2, 0) is 11.3 Å². The smallest absolute Gasteiger partial charge is 0.150 e. The lowest BCUT2D eigenvalue weighted by atomic mass is 10.2. The van der Waals surface area contributed by atoms with Crippen LogP contribution in [0.4, 0.5) is 0 Å². The quantitative estimate of drug-likeness (QED) is 0.564. The molecule has 19 heavy (non-hydrogen) atoms. The largest absolute Gasteiger partial charge is 0.491 e. The minimum Gasteiger partial charge on any atom is -0.491 e. The number of hydrogen-bond acceptors (Lipinski definition) is 3. The average Bonchev–Trinajstić information content (AvgIpc) is 2.48. The van der Waals surface area contributed by atoms with Crippen molar-refractivity contribution in [3.05, 3.63) is 65.7 Å². The molecule has 0 aliphatic carbocycles. The van der Waals surface area contributed by atoms with Crippen molar-refractivity contribution in [1.82, 2.24) is 0 Å². The zero-order valence-corrected chi connectivity index (χ0v) is 10.6. The molecule has 0 N–H and O–H groups in total. The molecule has 0 spiro atoms. The van der Waals surface area contributed by atoms with E-state index in [-0.39, 0.29) is 0 Å². The van der Waals surface area contributed by atoms with Gasteiger partial charge in [-0.1, -0.05) is 42.5 Å². The molecular formula is C16H16O3. The summed E-state index contributed by atoms with van der Waals surface area (Å²) in [6.07, 6.45) is 0.804. The second kappa shape index (κ2) is 7.34. The molecule has 0 aliphatic heterocycles. The molecule has 0 unspecified atom stereocenters. The fourth-order valence-electron chi connectivity index (χ4n) is 1.66. The van der Waals surface area contributed by atoms with Crippen LogP contribution in [0.1, 0.15) is 15.9 Å². The molecule has 0 fully saturated rings. The van der Waals surface area contributed by atoms with Crippen LogP contribution in [-0.4, -0.2) is 19.5 Å². The van der Waals surface area contributed by atoms with Crippen LogP contribution in [0.3, 0.4) is 0 Å². The summed E-state index contributed by atoms with van der Waals surface area (Å²) >= 11 is 0. The van der Waals surface area contributed by atoms with E-state index in [1.807, 2.05) is 36.4 Å². The lowest BCUT2D eigenvalue weighted by Gasteiger charge is -2.07. The zero-order chi connectivity index (χ0) is 13.3. The Kier molecular flexibility index (Phi) is 5.14. The third kappa shape index (κ3) is 4.56. The first-order valence-electron chi connectivity index (χ1n) is 6.18. The molecule has 0 radical (unpaired) electrons. The van der Waals surface area contributed by atoms with Crippen molar-refractivity contribution in [2.24, 2.45) is 0 Å². The third-order valence-electron chi connectivity index (χ3n) is 2.60. The molecule has 2 aromatic carbocycles. The Morgan fingerprint density at radius 1 is 0.947 bits per heavy atom. The molecule has 3 heteroatoms. The number of aldehydes is 1. The predicted octanol–water partition coefficient (Wildman–Crippen LogP) is 3.09. The first kappa shape index (κ1) is 13.3. The maximum absolute atomic E-state index is 10.6. The highest BCUT2D eigenvalue weighted by molar-refractivity contribution is 5.75. The second-order valence-electron chi connectivity index (χ2n) is 4.08. The number of rotatable bonds is 7. The fraction of sp³-hybridized carbons (Fsp3) is 0.188. The Morgan fingerprint density at radius 3 is 2.58 bits per heavy atom. The van der Waals surface area contributed by atoms with E-state index in [9.17, 15) is 4.79 Å². The van der Waals surface area contributed by atoms with Gasteiger partial charge in [-0.15, -0.1) is 0 Å². The summed E-state index contributed by atoms with van der Waals surface area (Å²) in [6.45, 7) is 1.56. The number of hydrogen-bond donors (Lipinski definition) is 0. The van der Waals surface area contributed by atoms with Crippen LogP contribution in [0.15, 0.2) is 54.6 Å². The van der Waals surface area contributed by atoms with E-state index in [0.29, 0.717) is 31.1 Å². The van der Waals surface area contributed by atoms with Crippen LogP contribution in [0, 0.1) is 0 Å². The summed E-state index contributed by atoms with van der Waals surface area (Å²) in [6, 6.07) is 17.1. The highest BCUT2D eigenvalue weighted by Crippen LogP contribution is 2.11. The van der Waals surface area contributed by atoms with E-state index in [4.69, 9.17) is 9.47 Å². The minimum atomic E-state index is 0.467. The Bertz CT molecular complexity index is 508. The molecule has 0 aliphatic rings. The minimum absolute atomic E-state index is 0.467. The average molecular weight is 256 g/mol. The van der Waals surface area contributed by atoms with E-state index in [2.05, 4.69) is 0 Å². The second-order valence-corrected chi connectivity index (χ2v) is 4.08.